The highest BCUT2D eigenvalue weighted by Gasteiger charge is 2.11. The third-order valence-corrected chi connectivity index (χ3v) is 4.48. The largest absolute Gasteiger partial charge is 0.466 e. The fraction of sp³-hybridized carbons (Fsp3) is 0.150. The van der Waals surface area contributed by atoms with E-state index in [1.807, 2.05) is 30.5 Å². The number of hydrogen-bond donors (Lipinski definition) is 0. The summed E-state index contributed by atoms with van der Waals surface area (Å²) >= 11 is 1.61. The molecule has 23 heavy (non-hydrogen) atoms. The molecule has 0 saturated carbocycles. The third kappa shape index (κ3) is 3.69. The number of esters is 1. The minimum atomic E-state index is -0.173. The Morgan fingerprint density at radius 3 is 2.26 bits per heavy atom. The van der Waals surface area contributed by atoms with Gasteiger partial charge in [0, 0.05) is 0 Å². The smallest absolute Gasteiger partial charge is 0.310 e. The van der Waals surface area contributed by atoms with E-state index in [1.54, 1.807) is 11.3 Å². The number of ether oxygens (including phenoxy) is 1. The van der Waals surface area contributed by atoms with Crippen molar-refractivity contribution in [3.63, 3.8) is 0 Å². The molecular weight excluding hydrogens is 304 g/mol. The first-order valence-electron chi connectivity index (χ1n) is 7.64. The number of thiophene rings is 1. The Hall–Kier alpha value is -2.39. The summed E-state index contributed by atoms with van der Waals surface area (Å²) in [6.45, 7) is 2.25. The van der Waals surface area contributed by atoms with E-state index in [1.165, 1.54) is 11.1 Å². The predicted octanol–water partition coefficient (Wildman–Crippen LogP) is 5.19. The van der Waals surface area contributed by atoms with Crippen molar-refractivity contribution in [2.75, 3.05) is 6.61 Å². The molecule has 0 spiro atoms. The molecule has 1 heterocycles. The van der Waals surface area contributed by atoms with Crippen LogP contribution in [0.4, 0.5) is 0 Å². The summed E-state index contributed by atoms with van der Waals surface area (Å²) in [5, 5.41) is 4.11. The maximum Gasteiger partial charge on any atom is 0.310 e. The van der Waals surface area contributed by atoms with E-state index in [-0.39, 0.29) is 5.97 Å². The fourth-order valence-corrected chi connectivity index (χ4v) is 3.42. The van der Waals surface area contributed by atoms with E-state index < -0.39 is 0 Å². The second kappa shape index (κ2) is 7.25. The van der Waals surface area contributed by atoms with Gasteiger partial charge < -0.3 is 4.74 Å². The van der Waals surface area contributed by atoms with Crippen molar-refractivity contribution in [2.45, 2.75) is 13.3 Å². The Morgan fingerprint density at radius 1 is 0.913 bits per heavy atom. The molecule has 3 rings (SSSR count). The van der Waals surface area contributed by atoms with Gasteiger partial charge in [-0.05, 0) is 45.5 Å². The van der Waals surface area contributed by atoms with Crippen LogP contribution in [-0.4, -0.2) is 12.6 Å². The van der Waals surface area contributed by atoms with Crippen LogP contribution in [-0.2, 0) is 16.0 Å². The maximum atomic E-state index is 11.7. The first-order chi connectivity index (χ1) is 11.3. The molecule has 2 nitrogen and oxygen atoms in total. The van der Waals surface area contributed by atoms with Crippen LogP contribution in [0.25, 0.3) is 22.3 Å². The molecule has 0 saturated heterocycles. The standard InChI is InChI=1S/C20H18O2S/c1-2-22-20(21)12-18-13-23-14-19(18)17-10-8-16(9-11-17)15-6-4-3-5-7-15/h3-11,13-14H,2,12H2,1H3. The van der Waals surface area contributed by atoms with Crippen LogP contribution in [0.5, 0.6) is 0 Å². The Balaban J connectivity index is 1.83. The number of hydrogen-bond acceptors (Lipinski definition) is 3. The minimum Gasteiger partial charge on any atom is -0.466 e. The van der Waals surface area contributed by atoms with Gasteiger partial charge in [-0.3, -0.25) is 4.79 Å². The fourth-order valence-electron chi connectivity index (χ4n) is 2.55. The molecule has 0 bridgehead atoms. The zero-order valence-corrected chi connectivity index (χ0v) is 13.8. The van der Waals surface area contributed by atoms with Gasteiger partial charge in [-0.15, -0.1) is 0 Å². The van der Waals surface area contributed by atoms with Gasteiger partial charge in [0.25, 0.3) is 0 Å². The van der Waals surface area contributed by atoms with Crippen LogP contribution in [0.3, 0.4) is 0 Å². The van der Waals surface area contributed by atoms with E-state index in [0.29, 0.717) is 13.0 Å². The first-order valence-corrected chi connectivity index (χ1v) is 8.58. The van der Waals surface area contributed by atoms with E-state index in [0.717, 1.165) is 16.7 Å². The summed E-state index contributed by atoms with van der Waals surface area (Å²) in [6, 6.07) is 18.8. The molecule has 0 radical (unpaired) electrons. The monoisotopic (exact) mass is 322 g/mol. The lowest BCUT2D eigenvalue weighted by Crippen LogP contribution is -2.07. The highest BCUT2D eigenvalue weighted by Crippen LogP contribution is 2.30. The minimum absolute atomic E-state index is 0.173. The average Bonchev–Trinajstić information content (AvgIpc) is 3.04. The van der Waals surface area contributed by atoms with E-state index >= 15 is 0 Å². The molecule has 0 fully saturated rings. The van der Waals surface area contributed by atoms with Gasteiger partial charge >= 0.3 is 5.97 Å². The quantitative estimate of drug-likeness (QED) is 0.604. The molecule has 0 unspecified atom stereocenters. The van der Waals surface area contributed by atoms with Crippen molar-refractivity contribution in [1.29, 1.82) is 0 Å². The summed E-state index contributed by atoms with van der Waals surface area (Å²) in [5.74, 6) is -0.173. The van der Waals surface area contributed by atoms with Crippen molar-refractivity contribution < 1.29 is 9.53 Å². The Labute approximate surface area is 140 Å². The van der Waals surface area contributed by atoms with Gasteiger partial charge in [-0.25, -0.2) is 0 Å². The summed E-state index contributed by atoms with van der Waals surface area (Å²) in [4.78, 5) is 11.7. The third-order valence-electron chi connectivity index (χ3n) is 3.69. The lowest BCUT2D eigenvalue weighted by atomic mass is 9.99. The van der Waals surface area contributed by atoms with E-state index in [4.69, 9.17) is 4.74 Å². The van der Waals surface area contributed by atoms with Crippen molar-refractivity contribution in [2.24, 2.45) is 0 Å². The van der Waals surface area contributed by atoms with E-state index in [2.05, 4.69) is 41.8 Å². The second-order valence-corrected chi connectivity index (χ2v) is 5.98. The molecule has 0 aliphatic heterocycles. The molecular formula is C20H18O2S. The lowest BCUT2D eigenvalue weighted by molar-refractivity contribution is -0.142. The van der Waals surface area contributed by atoms with Gasteiger partial charge in [-0.2, -0.15) is 11.3 Å². The average molecular weight is 322 g/mol. The molecule has 0 N–H and O–H groups in total. The Kier molecular flexibility index (Phi) is 4.89. The lowest BCUT2D eigenvalue weighted by Gasteiger charge is -2.06. The van der Waals surface area contributed by atoms with Crippen LogP contribution < -0.4 is 0 Å². The van der Waals surface area contributed by atoms with Crippen LogP contribution in [0.15, 0.2) is 65.4 Å². The van der Waals surface area contributed by atoms with Gasteiger partial charge in [0.15, 0.2) is 0 Å². The number of carbonyl (C=O) groups excluding carboxylic acids is 1. The van der Waals surface area contributed by atoms with Gasteiger partial charge in [0.1, 0.15) is 0 Å². The Morgan fingerprint density at radius 2 is 1.57 bits per heavy atom. The summed E-state index contributed by atoms with van der Waals surface area (Å²) < 4.78 is 5.05. The number of carbonyl (C=O) groups is 1. The molecule has 3 heteroatoms. The van der Waals surface area contributed by atoms with Crippen LogP contribution >= 0.6 is 11.3 Å². The zero-order chi connectivity index (χ0) is 16.1. The Bertz CT molecular complexity index is 773. The molecule has 0 amide bonds. The van der Waals surface area contributed by atoms with Crippen molar-refractivity contribution in [3.8, 4) is 22.3 Å². The number of benzene rings is 2. The first kappa shape index (κ1) is 15.5. The molecule has 0 atom stereocenters. The summed E-state index contributed by atoms with van der Waals surface area (Å²) in [6.07, 6.45) is 0.326. The van der Waals surface area contributed by atoms with Gasteiger partial charge in [0.2, 0.25) is 0 Å². The summed E-state index contributed by atoms with van der Waals surface area (Å²) in [5.41, 5.74) is 5.67. The zero-order valence-electron chi connectivity index (χ0n) is 13.0. The van der Waals surface area contributed by atoms with Crippen molar-refractivity contribution >= 4 is 17.3 Å². The predicted molar refractivity (Wildman–Crippen MR) is 95.5 cm³/mol. The van der Waals surface area contributed by atoms with Gasteiger partial charge in [0.05, 0.1) is 13.0 Å². The SMILES string of the molecule is CCOC(=O)Cc1cscc1-c1ccc(-c2ccccc2)cc1. The highest BCUT2D eigenvalue weighted by atomic mass is 32.1. The topological polar surface area (TPSA) is 26.3 Å². The molecule has 3 aromatic rings. The highest BCUT2D eigenvalue weighted by molar-refractivity contribution is 7.08. The van der Waals surface area contributed by atoms with Crippen molar-refractivity contribution in [3.05, 3.63) is 70.9 Å². The van der Waals surface area contributed by atoms with Gasteiger partial charge in [-0.1, -0.05) is 54.6 Å². The van der Waals surface area contributed by atoms with Crippen LogP contribution in [0.2, 0.25) is 0 Å². The second-order valence-electron chi connectivity index (χ2n) is 5.24. The molecule has 2 aromatic carbocycles. The normalized spacial score (nSPS) is 10.5. The molecule has 116 valence electrons. The molecule has 0 aliphatic rings. The van der Waals surface area contributed by atoms with Crippen molar-refractivity contribution in [1.82, 2.24) is 0 Å². The maximum absolute atomic E-state index is 11.7. The molecule has 1 aromatic heterocycles. The van der Waals surface area contributed by atoms with Crippen LogP contribution in [0.1, 0.15) is 12.5 Å². The van der Waals surface area contributed by atoms with Crippen LogP contribution in [0, 0.1) is 0 Å². The molecule has 0 aliphatic carbocycles. The van der Waals surface area contributed by atoms with E-state index in [9.17, 15) is 4.79 Å². The number of rotatable bonds is 5. The summed E-state index contributed by atoms with van der Waals surface area (Å²) in [7, 11) is 0.